The number of thioether (sulfide) groups is 4. The van der Waals surface area contributed by atoms with Crippen molar-refractivity contribution in [2.75, 3.05) is 24.7 Å². The van der Waals surface area contributed by atoms with E-state index in [0.717, 1.165) is 11.5 Å². The van der Waals surface area contributed by atoms with Crippen molar-refractivity contribution in [2.45, 2.75) is 19.7 Å². The summed E-state index contributed by atoms with van der Waals surface area (Å²) >= 11 is 7.52. The zero-order valence-corrected chi connectivity index (χ0v) is 18.5. The third kappa shape index (κ3) is 5.78. The molecule has 0 aliphatic carbocycles. The normalized spacial score (nSPS) is 26.6. The van der Waals surface area contributed by atoms with Crippen LogP contribution in [0.3, 0.4) is 0 Å². The molecule has 0 spiro atoms. The van der Waals surface area contributed by atoms with Crippen LogP contribution in [-0.4, -0.2) is 47.2 Å². The van der Waals surface area contributed by atoms with Crippen LogP contribution in [0, 0.1) is 0 Å². The Morgan fingerprint density at radius 1 is 0.893 bits per heavy atom. The van der Waals surface area contributed by atoms with Crippen molar-refractivity contribution in [1.82, 2.24) is 0 Å². The third-order valence-corrected chi connectivity index (χ3v) is 10.7. The van der Waals surface area contributed by atoms with Gasteiger partial charge in [0.05, 0.1) is 9.16 Å². The number of benzene rings is 1. The van der Waals surface area contributed by atoms with E-state index in [4.69, 9.17) is 9.47 Å². The Balaban J connectivity index is 1.59. The molecule has 2 fully saturated rings. The van der Waals surface area contributed by atoms with E-state index in [9.17, 15) is 9.59 Å². The minimum atomic E-state index is -0.364. The first-order valence-electron chi connectivity index (χ1n) is 8.82. The molecule has 0 bridgehead atoms. The number of carbonyl (C=O) groups excluding carboxylic acids is 2. The van der Waals surface area contributed by atoms with E-state index in [-0.39, 0.29) is 11.9 Å². The molecule has 0 N–H and O–H groups in total. The summed E-state index contributed by atoms with van der Waals surface area (Å²) in [6, 6.07) is 8.56. The van der Waals surface area contributed by atoms with Gasteiger partial charge in [-0.2, -0.15) is 0 Å². The molecule has 0 saturated carbocycles. The molecule has 3 rings (SSSR count). The number of carbonyl (C=O) groups is 2. The smallest absolute Gasteiger partial charge is 0.330 e. The van der Waals surface area contributed by atoms with Gasteiger partial charge in [-0.1, -0.05) is 37.4 Å². The molecule has 2 saturated heterocycles. The Hall–Kier alpha value is -0.960. The Kier molecular flexibility index (Phi) is 8.32. The lowest BCUT2D eigenvalue weighted by atomic mass is 10.1. The Morgan fingerprint density at radius 2 is 1.32 bits per heavy atom. The lowest BCUT2D eigenvalue weighted by Gasteiger charge is -2.19. The molecule has 2 heterocycles. The quantitative estimate of drug-likeness (QED) is 0.409. The SMILES string of the molecule is C=CC(=O)OCC1CSC(c2ccccc2C2SCC(COC(=O)C=C)S2)S1. The molecule has 4 nitrogen and oxygen atoms in total. The fourth-order valence-electron chi connectivity index (χ4n) is 2.81. The maximum absolute atomic E-state index is 11.3. The van der Waals surface area contributed by atoms with Gasteiger partial charge in [-0.3, -0.25) is 0 Å². The Morgan fingerprint density at radius 3 is 1.71 bits per heavy atom. The van der Waals surface area contributed by atoms with Gasteiger partial charge >= 0.3 is 11.9 Å². The first-order valence-corrected chi connectivity index (χ1v) is 12.8. The average molecular weight is 455 g/mol. The number of hydrogen-bond acceptors (Lipinski definition) is 8. The highest BCUT2D eigenvalue weighted by molar-refractivity contribution is 8.20. The molecule has 8 heteroatoms. The van der Waals surface area contributed by atoms with E-state index < -0.39 is 0 Å². The maximum Gasteiger partial charge on any atom is 0.330 e. The summed E-state index contributed by atoms with van der Waals surface area (Å²) in [6.45, 7) is 7.71. The van der Waals surface area contributed by atoms with E-state index in [1.165, 1.54) is 23.3 Å². The van der Waals surface area contributed by atoms with Gasteiger partial charge in [0.15, 0.2) is 0 Å². The van der Waals surface area contributed by atoms with Gasteiger partial charge in [-0.05, 0) is 11.1 Å². The third-order valence-electron chi connectivity index (χ3n) is 4.16. The molecule has 1 aromatic carbocycles. The topological polar surface area (TPSA) is 52.6 Å². The second-order valence-corrected chi connectivity index (χ2v) is 11.8. The second kappa shape index (κ2) is 10.7. The Labute approximate surface area is 182 Å². The molecule has 28 heavy (non-hydrogen) atoms. The molecular weight excluding hydrogens is 432 g/mol. The summed E-state index contributed by atoms with van der Waals surface area (Å²) in [6.07, 6.45) is 2.41. The van der Waals surface area contributed by atoms with Gasteiger partial charge in [0.25, 0.3) is 0 Å². The van der Waals surface area contributed by atoms with Crippen molar-refractivity contribution in [3.8, 4) is 0 Å². The summed E-state index contributed by atoms with van der Waals surface area (Å²) in [7, 11) is 0. The van der Waals surface area contributed by atoms with Crippen LogP contribution in [0.4, 0.5) is 0 Å². The van der Waals surface area contributed by atoms with Gasteiger partial charge < -0.3 is 9.47 Å². The molecule has 150 valence electrons. The minimum absolute atomic E-state index is 0.293. The first kappa shape index (κ1) is 21.7. The van der Waals surface area contributed by atoms with Crippen LogP contribution in [-0.2, 0) is 19.1 Å². The van der Waals surface area contributed by atoms with E-state index >= 15 is 0 Å². The van der Waals surface area contributed by atoms with Crippen LogP contribution in [0.2, 0.25) is 0 Å². The zero-order valence-electron chi connectivity index (χ0n) is 15.3. The molecule has 2 aliphatic rings. The van der Waals surface area contributed by atoms with Crippen molar-refractivity contribution >= 4 is 59.0 Å². The highest BCUT2D eigenvalue weighted by atomic mass is 32.2. The van der Waals surface area contributed by atoms with E-state index in [1.54, 1.807) is 0 Å². The van der Waals surface area contributed by atoms with Crippen molar-refractivity contribution in [3.63, 3.8) is 0 Å². The monoisotopic (exact) mass is 454 g/mol. The molecule has 0 aromatic heterocycles. The van der Waals surface area contributed by atoms with Crippen LogP contribution in [0.1, 0.15) is 20.3 Å². The average Bonchev–Trinajstić information content (AvgIpc) is 3.39. The van der Waals surface area contributed by atoms with Gasteiger partial charge in [0.1, 0.15) is 13.2 Å². The van der Waals surface area contributed by atoms with E-state index in [2.05, 4.69) is 37.4 Å². The number of esters is 2. The number of rotatable bonds is 8. The summed E-state index contributed by atoms with van der Waals surface area (Å²) in [5.41, 5.74) is 2.67. The van der Waals surface area contributed by atoms with Crippen LogP contribution in [0.15, 0.2) is 49.6 Å². The van der Waals surface area contributed by atoms with Gasteiger partial charge in [-0.25, -0.2) is 9.59 Å². The van der Waals surface area contributed by atoms with Crippen molar-refractivity contribution in [3.05, 3.63) is 60.7 Å². The predicted octanol–water partition coefficient (Wildman–Crippen LogP) is 4.84. The molecular formula is C20H22O4S4. The van der Waals surface area contributed by atoms with Crippen molar-refractivity contribution in [2.24, 2.45) is 0 Å². The van der Waals surface area contributed by atoms with Gasteiger partial charge in [0, 0.05) is 34.2 Å². The summed E-state index contributed by atoms with van der Waals surface area (Å²) in [5, 5.41) is 0.587. The van der Waals surface area contributed by atoms with Gasteiger partial charge in [-0.15, -0.1) is 47.0 Å². The molecule has 0 amide bonds. The lowest BCUT2D eigenvalue weighted by molar-refractivity contribution is -0.138. The Bertz CT molecular complexity index is 678. The van der Waals surface area contributed by atoms with Gasteiger partial charge in [0.2, 0.25) is 0 Å². The number of hydrogen-bond donors (Lipinski definition) is 0. The maximum atomic E-state index is 11.3. The standard InChI is InChI=1S/C20H22O4S4/c1-3-17(21)23-9-13-11-25-19(27-13)15-7-5-6-8-16(15)20-26-12-14(28-20)10-24-18(22)4-2/h3-8,13-14,19-20H,1-2,9-12H2. The second-order valence-electron chi connectivity index (χ2n) is 6.14. The van der Waals surface area contributed by atoms with Crippen LogP contribution >= 0.6 is 47.0 Å². The molecule has 4 unspecified atom stereocenters. The minimum Gasteiger partial charge on any atom is -0.461 e. The van der Waals surface area contributed by atoms with Crippen LogP contribution in [0.25, 0.3) is 0 Å². The van der Waals surface area contributed by atoms with Crippen LogP contribution < -0.4 is 0 Å². The highest BCUT2D eigenvalue weighted by Crippen LogP contribution is 2.56. The highest BCUT2D eigenvalue weighted by Gasteiger charge is 2.34. The molecule has 0 radical (unpaired) electrons. The molecule has 4 atom stereocenters. The number of ether oxygens (including phenoxy) is 2. The largest absolute Gasteiger partial charge is 0.461 e. The summed E-state index contributed by atoms with van der Waals surface area (Å²) in [5.74, 6) is 1.19. The molecule has 2 aliphatic heterocycles. The van der Waals surface area contributed by atoms with Crippen molar-refractivity contribution < 1.29 is 19.1 Å². The molecule has 1 aromatic rings. The lowest BCUT2D eigenvalue weighted by Crippen LogP contribution is -2.14. The van der Waals surface area contributed by atoms with Crippen molar-refractivity contribution in [1.29, 1.82) is 0 Å². The fourth-order valence-corrected chi connectivity index (χ4v) is 9.42. The summed E-state index contributed by atoms with van der Waals surface area (Å²) in [4.78, 5) is 22.6. The van der Waals surface area contributed by atoms with Crippen LogP contribution in [0.5, 0.6) is 0 Å². The van der Waals surface area contributed by atoms with E-state index in [1.807, 2.05) is 47.0 Å². The van der Waals surface area contributed by atoms with E-state index in [0.29, 0.717) is 32.9 Å². The first-order chi connectivity index (χ1) is 13.6. The predicted molar refractivity (Wildman–Crippen MR) is 122 cm³/mol. The zero-order chi connectivity index (χ0) is 19.9. The summed E-state index contributed by atoms with van der Waals surface area (Å²) < 4.78 is 11.1. The fraction of sp³-hybridized carbons (Fsp3) is 0.400.